The number of anilines is 1. The van der Waals surface area contributed by atoms with Gasteiger partial charge in [0.2, 0.25) is 0 Å². The van der Waals surface area contributed by atoms with Crippen LogP contribution in [0.15, 0.2) is 38.4 Å². The Morgan fingerprint density at radius 3 is 1.97 bits per heavy atom. The van der Waals surface area contributed by atoms with Gasteiger partial charge in [-0.3, -0.25) is 18.2 Å². The molecule has 1 aromatic heterocycles. The van der Waals surface area contributed by atoms with Gasteiger partial charge in [0.1, 0.15) is 20.5 Å². The minimum atomic E-state index is -5.62. The average Bonchev–Trinajstić information content (AvgIpc) is 3.21. The summed E-state index contributed by atoms with van der Waals surface area (Å²) in [6.07, 6.45) is 0.797. The molecule has 3 aromatic rings. The zero-order chi connectivity index (χ0) is 27.3. The Kier molecular flexibility index (Phi) is 7.40. The predicted octanol–water partition coefficient (Wildman–Crippen LogP) is 0.942. The van der Waals surface area contributed by atoms with E-state index in [-0.39, 0.29) is 10.6 Å². The normalized spacial score (nSPS) is 13.2. The number of ether oxygens (including phenoxy) is 1. The van der Waals surface area contributed by atoms with Crippen molar-refractivity contribution in [3.8, 4) is 16.3 Å². The molecule has 0 spiro atoms. The van der Waals surface area contributed by atoms with Crippen LogP contribution in [0.5, 0.6) is 5.75 Å². The SMILES string of the molecule is Nc1cc(S(=O)(=O)O)c2cc(OCCCS(=O)(=O)O)c(S(=O)(=O)O)c(S(=O)(=O)O)c2c1-c1nccs1. The third-order valence-electron chi connectivity index (χ3n) is 4.54. The molecule has 198 valence electrons. The van der Waals surface area contributed by atoms with E-state index in [2.05, 4.69) is 4.98 Å². The van der Waals surface area contributed by atoms with E-state index in [1.54, 1.807) is 0 Å². The summed E-state index contributed by atoms with van der Waals surface area (Å²) in [4.78, 5) is -0.125. The second kappa shape index (κ2) is 9.46. The van der Waals surface area contributed by atoms with E-state index in [1.165, 1.54) is 11.6 Å². The first kappa shape index (κ1) is 28.1. The third kappa shape index (κ3) is 5.92. The summed E-state index contributed by atoms with van der Waals surface area (Å²) < 4.78 is 139. The van der Waals surface area contributed by atoms with Crippen LogP contribution in [0.4, 0.5) is 5.69 Å². The van der Waals surface area contributed by atoms with Crippen molar-refractivity contribution in [3.05, 3.63) is 23.7 Å². The Hall–Kier alpha value is -2.43. The number of nitrogens with two attached hydrogens (primary N) is 1. The highest BCUT2D eigenvalue weighted by Gasteiger charge is 2.36. The van der Waals surface area contributed by atoms with Gasteiger partial charge in [-0.1, -0.05) is 0 Å². The van der Waals surface area contributed by atoms with Crippen molar-refractivity contribution in [2.75, 3.05) is 18.1 Å². The molecule has 3 rings (SSSR count). The molecule has 0 aliphatic heterocycles. The highest BCUT2D eigenvalue weighted by Crippen LogP contribution is 2.46. The fraction of sp³-hybridized carbons (Fsp3) is 0.188. The van der Waals surface area contributed by atoms with Gasteiger partial charge in [0.15, 0.2) is 4.90 Å². The average molecular weight is 605 g/mol. The molecule has 0 aliphatic rings. The second-order valence-corrected chi connectivity index (χ2v) is 13.6. The van der Waals surface area contributed by atoms with Crippen LogP contribution >= 0.6 is 11.3 Å². The molecule has 1 heterocycles. The smallest absolute Gasteiger partial charge is 0.299 e. The van der Waals surface area contributed by atoms with Gasteiger partial charge in [-0.25, -0.2) is 4.98 Å². The number of rotatable bonds is 9. The van der Waals surface area contributed by atoms with Gasteiger partial charge in [-0.2, -0.15) is 33.7 Å². The van der Waals surface area contributed by atoms with Crippen LogP contribution in [0.25, 0.3) is 21.3 Å². The molecule has 0 saturated heterocycles. The van der Waals surface area contributed by atoms with E-state index in [1.807, 2.05) is 0 Å². The van der Waals surface area contributed by atoms with Crippen molar-refractivity contribution < 1.29 is 56.6 Å². The fourth-order valence-electron chi connectivity index (χ4n) is 3.31. The Labute approximate surface area is 208 Å². The molecule has 0 bridgehead atoms. The Bertz CT molecular complexity index is 1780. The molecule has 20 heteroatoms. The zero-order valence-corrected chi connectivity index (χ0v) is 21.5. The summed E-state index contributed by atoms with van der Waals surface area (Å²) in [5.74, 6) is -1.87. The van der Waals surface area contributed by atoms with Crippen LogP contribution in [0.1, 0.15) is 6.42 Å². The summed E-state index contributed by atoms with van der Waals surface area (Å²) in [6.45, 7) is -0.686. The van der Waals surface area contributed by atoms with Crippen LogP contribution in [-0.4, -0.2) is 69.2 Å². The first-order valence-corrected chi connectivity index (χ1v) is 16.0. The largest absolute Gasteiger partial charge is 0.492 e. The third-order valence-corrected chi connectivity index (χ3v) is 9.00. The second-order valence-electron chi connectivity index (χ2n) is 7.04. The molecule has 0 fully saturated rings. The number of thiazole rings is 1. The van der Waals surface area contributed by atoms with Crippen molar-refractivity contribution >= 4 is 68.3 Å². The van der Waals surface area contributed by atoms with E-state index >= 15 is 0 Å². The summed E-state index contributed by atoms with van der Waals surface area (Å²) in [7, 11) is -20.8. The first-order chi connectivity index (χ1) is 16.3. The van der Waals surface area contributed by atoms with Crippen LogP contribution < -0.4 is 10.5 Å². The minimum Gasteiger partial charge on any atom is -0.492 e. The van der Waals surface area contributed by atoms with Gasteiger partial charge in [0.25, 0.3) is 40.5 Å². The predicted molar refractivity (Wildman–Crippen MR) is 125 cm³/mol. The number of nitrogen functional groups attached to an aromatic ring is 1. The number of hydrogen-bond donors (Lipinski definition) is 5. The zero-order valence-electron chi connectivity index (χ0n) is 17.5. The lowest BCUT2D eigenvalue weighted by Crippen LogP contribution is -2.15. The summed E-state index contributed by atoms with van der Waals surface area (Å²) in [5, 5.41) is -0.145. The Morgan fingerprint density at radius 2 is 1.50 bits per heavy atom. The highest BCUT2D eigenvalue weighted by atomic mass is 32.2. The minimum absolute atomic E-state index is 0.0487. The molecule has 2 aromatic carbocycles. The van der Waals surface area contributed by atoms with Crippen LogP contribution in [-0.2, 0) is 40.5 Å². The molecular formula is C16H16N2O13S5. The summed E-state index contributed by atoms with van der Waals surface area (Å²) in [6, 6.07) is 1.37. The standard InChI is InChI=1S/C16H16N2O13S5/c17-9-7-11(34(22,23)24)8-6-10(31-3-1-5-33(19,20)21)14(35(25,26)27)15(36(28,29)30)12(8)13(9)16-18-2-4-32-16/h2,4,6-7H,1,3,5,17H2,(H,19,20,21)(H,22,23,24)(H,25,26,27)(H,28,29,30). The molecule has 15 nitrogen and oxygen atoms in total. The monoisotopic (exact) mass is 604 g/mol. The van der Waals surface area contributed by atoms with Crippen LogP contribution in [0.2, 0.25) is 0 Å². The van der Waals surface area contributed by atoms with Gasteiger partial charge >= 0.3 is 0 Å². The van der Waals surface area contributed by atoms with E-state index in [0.29, 0.717) is 6.07 Å². The maximum absolute atomic E-state index is 12.5. The maximum atomic E-state index is 12.5. The number of aromatic nitrogens is 1. The van der Waals surface area contributed by atoms with Gasteiger partial charge in [0.05, 0.1) is 12.4 Å². The number of benzene rings is 2. The lowest BCUT2D eigenvalue weighted by molar-refractivity contribution is 0.305. The van der Waals surface area contributed by atoms with E-state index < -0.39 is 96.1 Å². The van der Waals surface area contributed by atoms with Crippen molar-refractivity contribution in [3.63, 3.8) is 0 Å². The van der Waals surface area contributed by atoms with Crippen molar-refractivity contribution in [1.82, 2.24) is 4.98 Å². The number of nitrogens with zero attached hydrogens (tertiary/aromatic N) is 1. The summed E-state index contributed by atoms with van der Waals surface area (Å²) in [5.41, 5.74) is 5.08. The molecule has 0 atom stereocenters. The van der Waals surface area contributed by atoms with Crippen molar-refractivity contribution in [2.24, 2.45) is 0 Å². The lowest BCUT2D eigenvalue weighted by atomic mass is 10.0. The van der Waals surface area contributed by atoms with E-state index in [0.717, 1.165) is 17.4 Å². The number of hydrogen-bond acceptors (Lipinski definition) is 12. The topological polar surface area (TPSA) is 266 Å². The van der Waals surface area contributed by atoms with E-state index in [4.69, 9.17) is 15.0 Å². The molecule has 6 N–H and O–H groups in total. The van der Waals surface area contributed by atoms with Gasteiger partial charge < -0.3 is 10.5 Å². The molecule has 0 amide bonds. The molecule has 0 aliphatic carbocycles. The molecule has 0 saturated carbocycles. The fourth-order valence-corrected chi connectivity index (χ4v) is 7.36. The molecule has 36 heavy (non-hydrogen) atoms. The first-order valence-electron chi connectivity index (χ1n) is 9.16. The highest BCUT2D eigenvalue weighted by molar-refractivity contribution is 7.89. The molecule has 0 unspecified atom stereocenters. The lowest BCUT2D eigenvalue weighted by Gasteiger charge is -2.19. The quantitative estimate of drug-likeness (QED) is 0.129. The van der Waals surface area contributed by atoms with Crippen molar-refractivity contribution in [2.45, 2.75) is 21.1 Å². The Balaban J connectivity index is 2.57. The maximum Gasteiger partial charge on any atom is 0.299 e. The van der Waals surface area contributed by atoms with Crippen LogP contribution in [0, 0.1) is 0 Å². The van der Waals surface area contributed by atoms with Crippen LogP contribution in [0.3, 0.4) is 0 Å². The van der Waals surface area contributed by atoms with Gasteiger partial charge in [0, 0.05) is 33.6 Å². The van der Waals surface area contributed by atoms with E-state index in [9.17, 15) is 47.3 Å². The molecular weight excluding hydrogens is 589 g/mol. The molecule has 0 radical (unpaired) electrons. The Morgan fingerprint density at radius 1 is 0.889 bits per heavy atom. The number of fused-ring (bicyclic) bond motifs is 1. The van der Waals surface area contributed by atoms with Gasteiger partial charge in [-0.05, 0) is 18.6 Å². The van der Waals surface area contributed by atoms with Gasteiger partial charge in [-0.15, -0.1) is 11.3 Å². The summed E-state index contributed by atoms with van der Waals surface area (Å²) >= 11 is 0.871. The van der Waals surface area contributed by atoms with Crippen molar-refractivity contribution in [1.29, 1.82) is 0 Å².